The second-order valence-electron chi connectivity index (χ2n) is 8.02. The number of imide groups is 1. The van der Waals surface area contributed by atoms with E-state index < -0.39 is 6.04 Å². The van der Waals surface area contributed by atoms with Gasteiger partial charge in [-0.25, -0.2) is 13.9 Å². The predicted octanol–water partition coefficient (Wildman–Crippen LogP) is 3.53. The lowest BCUT2D eigenvalue weighted by molar-refractivity contribution is -0.677. The van der Waals surface area contributed by atoms with Crippen LogP contribution in [-0.4, -0.2) is 39.2 Å². The third-order valence-electron chi connectivity index (χ3n) is 6.23. The van der Waals surface area contributed by atoms with Crippen LogP contribution in [0.1, 0.15) is 49.0 Å². The number of aryl methyl sites for hydroxylation is 1. The van der Waals surface area contributed by atoms with Crippen molar-refractivity contribution in [1.29, 1.82) is 0 Å². The molecule has 0 radical (unpaired) electrons. The molecule has 8 heteroatoms. The lowest BCUT2D eigenvalue weighted by Crippen LogP contribution is -2.62. The average Bonchev–Trinajstić information content (AvgIpc) is 3.40. The largest absolute Gasteiger partial charge is 0.402 e. The first kappa shape index (κ1) is 18.4. The maximum Gasteiger partial charge on any atom is 0.402 e. The summed E-state index contributed by atoms with van der Waals surface area (Å²) in [7, 11) is 1.68. The highest BCUT2D eigenvalue weighted by Gasteiger charge is 2.53. The number of fused-ring (bicyclic) bond motifs is 3. The number of rotatable bonds is 3. The molecule has 2 fully saturated rings. The van der Waals surface area contributed by atoms with E-state index in [9.17, 15) is 9.59 Å². The van der Waals surface area contributed by atoms with Crippen LogP contribution < -0.4 is 4.57 Å². The standard InChI is InChI=1S/C21H23ClN5O2/c1-13-11-25-17-18(23-20(25)27(13)15-8-4-5-9-15)24(2)21(29)26(19(17)28)12-14-7-3-6-10-16(14)22/h3,6-7,10-11,15,17H,4-5,8-9,12H2,1-2H3/q+1. The smallest absolute Gasteiger partial charge is 0.270 e. The fraction of sp³-hybridized carbons (Fsp3) is 0.429. The van der Waals surface area contributed by atoms with E-state index >= 15 is 0 Å². The van der Waals surface area contributed by atoms with Gasteiger partial charge in [0.2, 0.25) is 11.9 Å². The van der Waals surface area contributed by atoms with Crippen LogP contribution in [0.2, 0.25) is 5.02 Å². The quantitative estimate of drug-likeness (QED) is 0.724. The molecule has 7 nitrogen and oxygen atoms in total. The van der Waals surface area contributed by atoms with Crippen LogP contribution in [0.3, 0.4) is 0 Å². The van der Waals surface area contributed by atoms with Crippen LogP contribution in [-0.2, 0) is 11.3 Å². The van der Waals surface area contributed by atoms with E-state index in [0.29, 0.717) is 16.9 Å². The predicted molar refractivity (Wildman–Crippen MR) is 108 cm³/mol. The summed E-state index contributed by atoms with van der Waals surface area (Å²) in [5, 5.41) is 0.540. The van der Waals surface area contributed by atoms with E-state index in [-0.39, 0.29) is 18.5 Å². The van der Waals surface area contributed by atoms with E-state index in [1.807, 2.05) is 29.0 Å². The Morgan fingerprint density at radius 2 is 1.93 bits per heavy atom. The van der Waals surface area contributed by atoms with Gasteiger partial charge in [-0.1, -0.05) is 34.8 Å². The minimum atomic E-state index is -0.614. The zero-order valence-electron chi connectivity index (χ0n) is 16.5. The summed E-state index contributed by atoms with van der Waals surface area (Å²) < 4.78 is 4.16. The van der Waals surface area contributed by atoms with E-state index in [0.717, 1.165) is 30.0 Å². The highest BCUT2D eigenvalue weighted by Crippen LogP contribution is 2.37. The second-order valence-corrected chi connectivity index (χ2v) is 8.42. The molecule has 1 atom stereocenters. The summed E-state index contributed by atoms with van der Waals surface area (Å²) in [6.45, 7) is 2.20. The molecule has 2 aromatic rings. The number of amides is 3. The van der Waals surface area contributed by atoms with Gasteiger partial charge in [0.05, 0.1) is 12.6 Å². The molecule has 3 aliphatic rings. The molecule has 29 heavy (non-hydrogen) atoms. The number of likely N-dealkylation sites (N-methyl/N-ethyl adjacent to an activating group) is 1. The Labute approximate surface area is 174 Å². The molecule has 1 saturated heterocycles. The van der Waals surface area contributed by atoms with Crippen molar-refractivity contribution < 1.29 is 14.2 Å². The van der Waals surface area contributed by atoms with E-state index in [1.54, 1.807) is 13.1 Å². The van der Waals surface area contributed by atoms with Gasteiger partial charge in [0, 0.05) is 12.1 Å². The van der Waals surface area contributed by atoms with Crippen molar-refractivity contribution in [3.8, 4) is 0 Å². The van der Waals surface area contributed by atoms with Crippen molar-refractivity contribution in [2.75, 3.05) is 7.05 Å². The molecule has 150 valence electrons. The number of benzene rings is 1. The van der Waals surface area contributed by atoms with Crippen LogP contribution in [0.4, 0.5) is 10.7 Å². The van der Waals surface area contributed by atoms with E-state index in [1.165, 1.54) is 22.6 Å². The van der Waals surface area contributed by atoms with Crippen molar-refractivity contribution in [2.24, 2.45) is 4.99 Å². The van der Waals surface area contributed by atoms with Gasteiger partial charge in [0.1, 0.15) is 11.9 Å². The number of carbonyl (C=O) groups is 2. The molecular formula is C21H23ClN5O2+. The number of imidazole rings is 1. The molecule has 0 spiro atoms. The van der Waals surface area contributed by atoms with Crippen molar-refractivity contribution in [1.82, 2.24) is 14.4 Å². The number of hydrogen-bond acceptors (Lipinski definition) is 3. The molecule has 1 aromatic carbocycles. The summed E-state index contributed by atoms with van der Waals surface area (Å²) in [6.07, 6.45) is 6.66. The Hall–Kier alpha value is -2.67. The van der Waals surface area contributed by atoms with Crippen molar-refractivity contribution in [3.63, 3.8) is 0 Å². The van der Waals surface area contributed by atoms with Gasteiger partial charge in [-0.2, -0.15) is 0 Å². The Morgan fingerprint density at radius 3 is 2.66 bits per heavy atom. The van der Waals surface area contributed by atoms with Gasteiger partial charge in [0.15, 0.2) is 0 Å². The monoisotopic (exact) mass is 412 g/mol. The number of halogens is 1. The van der Waals surface area contributed by atoms with Gasteiger partial charge in [-0.3, -0.25) is 14.6 Å². The molecule has 2 aliphatic heterocycles. The molecule has 3 heterocycles. The Morgan fingerprint density at radius 1 is 1.21 bits per heavy atom. The van der Waals surface area contributed by atoms with Crippen LogP contribution in [0, 0.1) is 6.92 Å². The molecule has 1 aliphatic carbocycles. The van der Waals surface area contributed by atoms with Crippen LogP contribution in [0.15, 0.2) is 35.5 Å². The first-order valence-electron chi connectivity index (χ1n) is 10.0. The number of amidine groups is 1. The SMILES string of the molecule is Cc1c[n+]2c(n1C1CCCC1)N=C1C2C(=O)N(Cc2ccccc2Cl)C(=O)N1C. The number of hydrogen-bond donors (Lipinski definition) is 0. The summed E-state index contributed by atoms with van der Waals surface area (Å²) in [6, 6.07) is 6.70. The van der Waals surface area contributed by atoms with Crippen LogP contribution >= 0.6 is 11.6 Å². The van der Waals surface area contributed by atoms with Crippen molar-refractivity contribution in [2.45, 2.75) is 51.2 Å². The normalized spacial score (nSPS) is 21.6. The summed E-state index contributed by atoms with van der Waals surface area (Å²) in [5.41, 5.74) is 1.84. The number of carbonyl (C=O) groups excluding carboxylic acids is 2. The first-order chi connectivity index (χ1) is 14.0. The Balaban J connectivity index is 1.54. The number of urea groups is 1. The van der Waals surface area contributed by atoms with E-state index in [2.05, 4.69) is 11.5 Å². The molecule has 5 rings (SSSR count). The second kappa shape index (κ2) is 6.69. The minimum absolute atomic E-state index is 0.143. The average molecular weight is 413 g/mol. The summed E-state index contributed by atoms with van der Waals surface area (Å²) in [5.74, 6) is 0.998. The fourth-order valence-corrected chi connectivity index (χ4v) is 4.95. The molecule has 3 amide bonds. The third kappa shape index (κ3) is 2.71. The molecule has 0 bridgehead atoms. The molecular weight excluding hydrogens is 390 g/mol. The third-order valence-corrected chi connectivity index (χ3v) is 6.60. The van der Waals surface area contributed by atoms with Crippen LogP contribution in [0.5, 0.6) is 0 Å². The number of nitrogens with zero attached hydrogens (tertiary/aromatic N) is 5. The van der Waals surface area contributed by atoms with Crippen molar-refractivity contribution in [3.05, 3.63) is 46.7 Å². The zero-order valence-corrected chi connectivity index (χ0v) is 17.3. The van der Waals surface area contributed by atoms with Crippen LogP contribution in [0.25, 0.3) is 0 Å². The first-order valence-corrected chi connectivity index (χ1v) is 10.4. The Bertz CT molecular complexity index is 1050. The molecule has 1 saturated carbocycles. The highest BCUT2D eigenvalue weighted by molar-refractivity contribution is 6.31. The van der Waals surface area contributed by atoms with Gasteiger partial charge >= 0.3 is 12.0 Å². The van der Waals surface area contributed by atoms with Gasteiger partial charge < -0.3 is 0 Å². The summed E-state index contributed by atoms with van der Waals surface area (Å²) in [4.78, 5) is 33.9. The summed E-state index contributed by atoms with van der Waals surface area (Å²) >= 11 is 6.27. The topological polar surface area (TPSA) is 61.8 Å². The fourth-order valence-electron chi connectivity index (χ4n) is 4.76. The lowest BCUT2D eigenvalue weighted by atomic mass is 10.1. The van der Waals surface area contributed by atoms with E-state index in [4.69, 9.17) is 16.6 Å². The maximum atomic E-state index is 13.4. The highest BCUT2D eigenvalue weighted by atomic mass is 35.5. The number of aromatic nitrogens is 2. The molecule has 1 unspecified atom stereocenters. The molecule has 0 N–H and O–H groups in total. The lowest BCUT2D eigenvalue weighted by Gasteiger charge is -2.33. The van der Waals surface area contributed by atoms with Gasteiger partial charge in [-0.05, 0) is 44.2 Å². The number of aliphatic imine (C=N–C) groups is 1. The maximum absolute atomic E-state index is 13.4. The van der Waals surface area contributed by atoms with Gasteiger partial charge in [-0.15, -0.1) is 0 Å². The van der Waals surface area contributed by atoms with Crippen molar-refractivity contribution >= 4 is 35.3 Å². The zero-order chi connectivity index (χ0) is 20.3. The molecule has 1 aromatic heterocycles. The van der Waals surface area contributed by atoms with Gasteiger partial charge in [0.25, 0.3) is 5.91 Å². The minimum Gasteiger partial charge on any atom is -0.270 e. The Kier molecular flexibility index (Phi) is 4.24.